The predicted molar refractivity (Wildman–Crippen MR) is 78.6 cm³/mol. The van der Waals surface area contributed by atoms with Crippen molar-refractivity contribution < 1.29 is 9.53 Å². The number of nitrogens with one attached hydrogen (secondary N) is 1. The van der Waals surface area contributed by atoms with Gasteiger partial charge in [0, 0.05) is 30.3 Å². The SMILES string of the molecule is COC(=O)c1cc(N)ccc1NCCc1cccnc1. The van der Waals surface area contributed by atoms with E-state index in [1.54, 1.807) is 24.4 Å². The molecule has 0 fully saturated rings. The number of hydrogen-bond donors (Lipinski definition) is 2. The van der Waals surface area contributed by atoms with Gasteiger partial charge in [-0.3, -0.25) is 4.98 Å². The van der Waals surface area contributed by atoms with E-state index in [9.17, 15) is 4.79 Å². The average molecular weight is 271 g/mol. The van der Waals surface area contributed by atoms with Gasteiger partial charge in [-0.1, -0.05) is 6.07 Å². The number of aromatic nitrogens is 1. The van der Waals surface area contributed by atoms with Crippen molar-refractivity contribution in [1.29, 1.82) is 0 Å². The molecule has 0 aliphatic rings. The number of carbonyl (C=O) groups excluding carboxylic acids is 1. The zero-order valence-corrected chi connectivity index (χ0v) is 11.3. The molecule has 20 heavy (non-hydrogen) atoms. The molecule has 1 heterocycles. The minimum atomic E-state index is -0.402. The van der Waals surface area contributed by atoms with Gasteiger partial charge in [-0.2, -0.15) is 0 Å². The zero-order valence-electron chi connectivity index (χ0n) is 11.3. The summed E-state index contributed by atoms with van der Waals surface area (Å²) in [6.07, 6.45) is 4.39. The molecule has 0 aliphatic heterocycles. The van der Waals surface area contributed by atoms with Crippen LogP contribution >= 0.6 is 0 Å². The van der Waals surface area contributed by atoms with Gasteiger partial charge in [-0.15, -0.1) is 0 Å². The van der Waals surface area contributed by atoms with Crippen LogP contribution in [0.3, 0.4) is 0 Å². The van der Waals surface area contributed by atoms with Gasteiger partial charge in [0.05, 0.1) is 12.7 Å². The molecule has 3 N–H and O–H groups in total. The predicted octanol–water partition coefficient (Wildman–Crippen LogP) is 2.10. The second-order valence-electron chi connectivity index (χ2n) is 4.33. The molecule has 0 spiro atoms. The van der Waals surface area contributed by atoms with Crippen LogP contribution in [0.2, 0.25) is 0 Å². The lowest BCUT2D eigenvalue weighted by molar-refractivity contribution is 0.0602. The fourth-order valence-corrected chi connectivity index (χ4v) is 1.88. The number of carbonyl (C=O) groups is 1. The van der Waals surface area contributed by atoms with Crippen LogP contribution in [-0.4, -0.2) is 24.6 Å². The van der Waals surface area contributed by atoms with Crippen LogP contribution in [0.15, 0.2) is 42.7 Å². The number of rotatable bonds is 5. The first-order valence-corrected chi connectivity index (χ1v) is 6.31. The molecule has 1 aromatic heterocycles. The maximum absolute atomic E-state index is 11.7. The maximum Gasteiger partial charge on any atom is 0.340 e. The topological polar surface area (TPSA) is 77.2 Å². The van der Waals surface area contributed by atoms with Crippen LogP contribution in [0.1, 0.15) is 15.9 Å². The number of esters is 1. The van der Waals surface area contributed by atoms with Crippen LogP contribution in [0.5, 0.6) is 0 Å². The molecule has 0 aliphatic carbocycles. The van der Waals surface area contributed by atoms with E-state index in [1.165, 1.54) is 7.11 Å². The Morgan fingerprint density at radius 2 is 2.25 bits per heavy atom. The highest BCUT2D eigenvalue weighted by molar-refractivity contribution is 5.96. The van der Waals surface area contributed by atoms with Crippen molar-refractivity contribution in [3.8, 4) is 0 Å². The highest BCUT2D eigenvalue weighted by Crippen LogP contribution is 2.19. The number of nitrogen functional groups attached to an aromatic ring is 1. The Kier molecular flexibility index (Phi) is 4.55. The molecule has 0 radical (unpaired) electrons. The average Bonchev–Trinajstić information content (AvgIpc) is 2.49. The monoisotopic (exact) mass is 271 g/mol. The van der Waals surface area contributed by atoms with E-state index in [1.807, 2.05) is 18.3 Å². The van der Waals surface area contributed by atoms with Crippen LogP contribution in [0.4, 0.5) is 11.4 Å². The van der Waals surface area contributed by atoms with E-state index in [-0.39, 0.29) is 0 Å². The molecule has 0 unspecified atom stereocenters. The third-order valence-electron chi connectivity index (χ3n) is 2.90. The van der Waals surface area contributed by atoms with Gasteiger partial charge < -0.3 is 15.8 Å². The van der Waals surface area contributed by atoms with E-state index in [0.29, 0.717) is 17.8 Å². The van der Waals surface area contributed by atoms with E-state index in [2.05, 4.69) is 10.3 Å². The molecule has 104 valence electrons. The molecular weight excluding hydrogens is 254 g/mol. The number of pyridine rings is 1. The Balaban J connectivity index is 2.04. The van der Waals surface area contributed by atoms with Crippen molar-refractivity contribution >= 4 is 17.3 Å². The maximum atomic E-state index is 11.7. The van der Waals surface area contributed by atoms with Gasteiger partial charge in [-0.05, 0) is 36.2 Å². The molecule has 0 atom stereocenters. The summed E-state index contributed by atoms with van der Waals surface area (Å²) in [6, 6.07) is 9.05. The summed E-state index contributed by atoms with van der Waals surface area (Å²) in [7, 11) is 1.35. The van der Waals surface area contributed by atoms with Crippen LogP contribution in [0, 0.1) is 0 Å². The Morgan fingerprint density at radius 1 is 1.40 bits per heavy atom. The van der Waals surface area contributed by atoms with Crippen molar-refractivity contribution in [2.24, 2.45) is 0 Å². The molecule has 2 rings (SSSR count). The lowest BCUT2D eigenvalue weighted by atomic mass is 10.1. The number of anilines is 2. The summed E-state index contributed by atoms with van der Waals surface area (Å²) in [5.41, 5.74) is 8.52. The summed E-state index contributed by atoms with van der Waals surface area (Å²) < 4.78 is 4.75. The third-order valence-corrected chi connectivity index (χ3v) is 2.90. The lowest BCUT2D eigenvalue weighted by Gasteiger charge is -2.11. The fourth-order valence-electron chi connectivity index (χ4n) is 1.88. The molecule has 1 aromatic carbocycles. The molecule has 5 heteroatoms. The summed E-state index contributed by atoms with van der Waals surface area (Å²) in [5.74, 6) is -0.402. The van der Waals surface area contributed by atoms with E-state index in [4.69, 9.17) is 10.5 Å². The number of ether oxygens (including phenoxy) is 1. The number of nitrogens with zero attached hydrogens (tertiary/aromatic N) is 1. The summed E-state index contributed by atoms with van der Waals surface area (Å²) in [6.45, 7) is 0.694. The minimum Gasteiger partial charge on any atom is -0.465 e. The highest BCUT2D eigenvalue weighted by Gasteiger charge is 2.11. The summed E-state index contributed by atoms with van der Waals surface area (Å²) in [4.78, 5) is 15.8. The van der Waals surface area contributed by atoms with E-state index < -0.39 is 5.97 Å². The molecule has 0 saturated heterocycles. The van der Waals surface area contributed by atoms with Crippen molar-refractivity contribution in [3.05, 3.63) is 53.9 Å². The second kappa shape index (κ2) is 6.56. The number of benzene rings is 1. The number of hydrogen-bond acceptors (Lipinski definition) is 5. The highest BCUT2D eigenvalue weighted by atomic mass is 16.5. The zero-order chi connectivity index (χ0) is 14.4. The van der Waals surface area contributed by atoms with Gasteiger partial charge in [0.25, 0.3) is 0 Å². The molecule has 0 bridgehead atoms. The van der Waals surface area contributed by atoms with Crippen LogP contribution in [-0.2, 0) is 11.2 Å². The van der Waals surface area contributed by atoms with Gasteiger partial charge in [0.2, 0.25) is 0 Å². The van der Waals surface area contributed by atoms with Gasteiger partial charge in [0.1, 0.15) is 0 Å². The number of methoxy groups -OCH3 is 1. The normalized spacial score (nSPS) is 10.1. The Hall–Kier alpha value is -2.56. The first-order valence-electron chi connectivity index (χ1n) is 6.31. The summed E-state index contributed by atoms with van der Waals surface area (Å²) in [5, 5.41) is 3.22. The van der Waals surface area contributed by atoms with Crippen LogP contribution < -0.4 is 11.1 Å². The van der Waals surface area contributed by atoms with Gasteiger partial charge in [-0.25, -0.2) is 4.79 Å². The van der Waals surface area contributed by atoms with Crippen molar-refractivity contribution in [2.75, 3.05) is 24.7 Å². The Morgan fingerprint density at radius 3 is 2.95 bits per heavy atom. The Bertz CT molecular complexity index is 585. The molecule has 0 saturated carbocycles. The Labute approximate surface area is 117 Å². The quantitative estimate of drug-likeness (QED) is 0.643. The minimum absolute atomic E-state index is 0.402. The smallest absolute Gasteiger partial charge is 0.340 e. The first kappa shape index (κ1) is 13.9. The first-order chi connectivity index (χ1) is 9.70. The van der Waals surface area contributed by atoms with Crippen molar-refractivity contribution in [1.82, 2.24) is 4.98 Å². The molecule has 2 aromatic rings. The van der Waals surface area contributed by atoms with Crippen molar-refractivity contribution in [3.63, 3.8) is 0 Å². The number of nitrogens with two attached hydrogens (primary N) is 1. The standard InChI is InChI=1S/C15H17N3O2/c1-20-15(19)13-9-12(16)4-5-14(13)18-8-6-11-3-2-7-17-10-11/h2-5,7,9-10,18H,6,8,16H2,1H3. The van der Waals surface area contributed by atoms with E-state index in [0.717, 1.165) is 17.7 Å². The summed E-state index contributed by atoms with van der Waals surface area (Å²) >= 11 is 0. The van der Waals surface area contributed by atoms with Crippen molar-refractivity contribution in [2.45, 2.75) is 6.42 Å². The fraction of sp³-hybridized carbons (Fsp3) is 0.200. The third kappa shape index (κ3) is 3.47. The van der Waals surface area contributed by atoms with E-state index >= 15 is 0 Å². The molecular formula is C15H17N3O2. The molecule has 0 amide bonds. The lowest BCUT2D eigenvalue weighted by Crippen LogP contribution is -2.11. The van der Waals surface area contributed by atoms with Crippen LogP contribution in [0.25, 0.3) is 0 Å². The second-order valence-corrected chi connectivity index (χ2v) is 4.33. The molecule has 5 nitrogen and oxygen atoms in total. The van der Waals surface area contributed by atoms with Gasteiger partial charge in [0.15, 0.2) is 0 Å². The largest absolute Gasteiger partial charge is 0.465 e. The van der Waals surface area contributed by atoms with Gasteiger partial charge >= 0.3 is 5.97 Å².